The normalized spacial score (nSPS) is 19.2. The predicted molar refractivity (Wildman–Crippen MR) is 97.3 cm³/mol. The quantitative estimate of drug-likeness (QED) is 0.587. The van der Waals surface area contributed by atoms with E-state index in [0.29, 0.717) is 19.4 Å². The number of methoxy groups -OCH3 is 1. The van der Waals surface area contributed by atoms with E-state index in [9.17, 15) is 14.4 Å². The predicted octanol–water partition coefficient (Wildman–Crippen LogP) is 1.20. The molecule has 2 rings (SSSR count). The van der Waals surface area contributed by atoms with E-state index >= 15 is 0 Å². The molecule has 25 heavy (non-hydrogen) atoms. The van der Waals surface area contributed by atoms with Crippen molar-refractivity contribution in [3.8, 4) is 0 Å². The number of benzene rings is 1. The van der Waals surface area contributed by atoms with Gasteiger partial charge in [-0.1, -0.05) is 30.3 Å². The zero-order valence-corrected chi connectivity index (χ0v) is 15.4. The van der Waals surface area contributed by atoms with Crippen LogP contribution in [-0.2, 0) is 25.5 Å². The second-order valence-electron chi connectivity index (χ2n) is 6.14. The second-order valence-corrected chi connectivity index (χ2v) is 6.91. The van der Waals surface area contributed by atoms with E-state index in [4.69, 9.17) is 4.74 Å². The number of carbonyl (C=O) groups is 3. The van der Waals surface area contributed by atoms with Crippen LogP contribution >= 0.6 is 12.6 Å². The van der Waals surface area contributed by atoms with Gasteiger partial charge >= 0.3 is 5.97 Å². The Bertz CT molecular complexity index is 621. The third-order valence-corrected chi connectivity index (χ3v) is 4.50. The van der Waals surface area contributed by atoms with Crippen molar-refractivity contribution in [2.24, 2.45) is 0 Å². The molecular formula is C18H24N2O4S. The lowest BCUT2D eigenvalue weighted by Crippen LogP contribution is -2.52. The van der Waals surface area contributed by atoms with Crippen molar-refractivity contribution < 1.29 is 19.1 Å². The first-order chi connectivity index (χ1) is 11.9. The highest BCUT2D eigenvalue weighted by Crippen LogP contribution is 2.20. The molecule has 2 amide bonds. The van der Waals surface area contributed by atoms with E-state index in [1.807, 2.05) is 30.3 Å². The van der Waals surface area contributed by atoms with Gasteiger partial charge in [-0.25, -0.2) is 4.79 Å². The molecule has 0 spiro atoms. The van der Waals surface area contributed by atoms with E-state index < -0.39 is 23.3 Å². The number of thiol groups is 1. The largest absolute Gasteiger partial charge is 0.467 e. The van der Waals surface area contributed by atoms with E-state index in [2.05, 4.69) is 17.9 Å². The Morgan fingerprint density at radius 2 is 2.00 bits per heavy atom. The first kappa shape index (κ1) is 19.3. The minimum atomic E-state index is -0.786. The van der Waals surface area contributed by atoms with Crippen molar-refractivity contribution >= 4 is 30.4 Å². The molecule has 1 heterocycles. The molecule has 1 aromatic carbocycles. The first-order valence-corrected chi connectivity index (χ1v) is 8.86. The Kier molecular flexibility index (Phi) is 6.87. The van der Waals surface area contributed by atoms with Gasteiger partial charge in [0.15, 0.2) is 0 Å². The first-order valence-electron chi connectivity index (χ1n) is 8.34. The molecule has 1 aliphatic rings. The summed E-state index contributed by atoms with van der Waals surface area (Å²) in [7, 11) is 1.29. The van der Waals surface area contributed by atoms with E-state index in [1.165, 1.54) is 7.11 Å². The fourth-order valence-corrected chi connectivity index (χ4v) is 3.14. The highest BCUT2D eigenvalue weighted by atomic mass is 32.1. The SMILES string of the molecule is COC(=O)[C@H](Cc1ccccc1)NC(=O)[C@@H]1CCCN1C(=O)[C@H](C)S. The van der Waals surface area contributed by atoms with Gasteiger partial charge in [0.25, 0.3) is 0 Å². The Labute approximate surface area is 153 Å². The van der Waals surface area contributed by atoms with Gasteiger partial charge in [-0.2, -0.15) is 12.6 Å². The molecule has 0 aromatic heterocycles. The summed E-state index contributed by atoms with van der Waals surface area (Å²) in [5.74, 6) is -1.000. The lowest BCUT2D eigenvalue weighted by atomic mass is 10.1. The van der Waals surface area contributed by atoms with Gasteiger partial charge in [0, 0.05) is 13.0 Å². The number of esters is 1. The molecule has 1 saturated heterocycles. The Balaban J connectivity index is 2.08. The van der Waals surface area contributed by atoms with E-state index in [-0.39, 0.29) is 11.8 Å². The topological polar surface area (TPSA) is 75.7 Å². The smallest absolute Gasteiger partial charge is 0.328 e. The summed E-state index contributed by atoms with van der Waals surface area (Å²) >= 11 is 4.16. The number of ether oxygens (including phenoxy) is 1. The molecule has 7 heteroatoms. The summed E-state index contributed by atoms with van der Waals surface area (Å²) in [5.41, 5.74) is 0.918. The maximum Gasteiger partial charge on any atom is 0.328 e. The molecule has 0 unspecified atom stereocenters. The molecule has 136 valence electrons. The minimum Gasteiger partial charge on any atom is -0.467 e. The van der Waals surface area contributed by atoms with Crippen LogP contribution in [-0.4, -0.2) is 53.7 Å². The van der Waals surface area contributed by atoms with Crippen molar-refractivity contribution in [1.82, 2.24) is 10.2 Å². The van der Waals surface area contributed by atoms with Crippen LogP contribution < -0.4 is 5.32 Å². The minimum absolute atomic E-state index is 0.168. The standard InChI is InChI=1S/C18H24N2O4S/c1-12(25)17(22)20-10-6-9-15(20)16(21)19-14(18(23)24-2)11-13-7-4-3-5-8-13/h3-5,7-8,12,14-15,25H,6,9-11H2,1-2H3,(H,19,21)/t12-,14-,15-/m0/s1. The Morgan fingerprint density at radius 3 is 2.60 bits per heavy atom. The van der Waals surface area contributed by atoms with Crippen molar-refractivity contribution in [3.63, 3.8) is 0 Å². The van der Waals surface area contributed by atoms with Crippen molar-refractivity contribution in [2.75, 3.05) is 13.7 Å². The van der Waals surface area contributed by atoms with Gasteiger partial charge in [0.05, 0.1) is 12.4 Å². The maximum absolute atomic E-state index is 12.7. The van der Waals surface area contributed by atoms with E-state index in [1.54, 1.807) is 11.8 Å². The average Bonchev–Trinajstić information content (AvgIpc) is 3.10. The highest BCUT2D eigenvalue weighted by Gasteiger charge is 2.36. The zero-order chi connectivity index (χ0) is 18.4. The summed E-state index contributed by atoms with van der Waals surface area (Å²) in [5, 5.41) is 2.29. The second kappa shape index (κ2) is 8.89. The number of nitrogens with one attached hydrogen (secondary N) is 1. The van der Waals surface area contributed by atoms with E-state index in [0.717, 1.165) is 12.0 Å². The molecule has 1 aromatic rings. The molecule has 0 aliphatic carbocycles. The van der Waals surface area contributed by atoms with Gasteiger partial charge in [-0.15, -0.1) is 0 Å². The number of rotatable bonds is 6. The molecule has 3 atom stereocenters. The van der Waals surface area contributed by atoms with Gasteiger partial charge in [-0.05, 0) is 25.3 Å². The van der Waals surface area contributed by atoms with Gasteiger partial charge < -0.3 is 15.0 Å². The van der Waals surface area contributed by atoms with Crippen LogP contribution in [0.4, 0.5) is 0 Å². The number of likely N-dealkylation sites (tertiary alicyclic amines) is 1. The Morgan fingerprint density at radius 1 is 1.32 bits per heavy atom. The fraction of sp³-hybridized carbons (Fsp3) is 0.500. The summed E-state index contributed by atoms with van der Waals surface area (Å²) in [6.45, 7) is 2.22. The zero-order valence-electron chi connectivity index (χ0n) is 14.5. The molecule has 0 saturated carbocycles. The average molecular weight is 364 g/mol. The van der Waals surface area contributed by atoms with Gasteiger partial charge in [0.1, 0.15) is 12.1 Å². The molecule has 1 aliphatic heterocycles. The molecule has 1 fully saturated rings. The molecule has 1 N–H and O–H groups in total. The van der Waals surface area contributed by atoms with Crippen LogP contribution in [0.1, 0.15) is 25.3 Å². The molecular weight excluding hydrogens is 340 g/mol. The van der Waals surface area contributed by atoms with Crippen molar-refractivity contribution in [1.29, 1.82) is 0 Å². The van der Waals surface area contributed by atoms with Gasteiger partial charge in [-0.3, -0.25) is 9.59 Å². The summed E-state index contributed by atoms with van der Waals surface area (Å²) in [6, 6.07) is 8.05. The summed E-state index contributed by atoms with van der Waals surface area (Å²) in [6.07, 6.45) is 1.67. The fourth-order valence-electron chi connectivity index (χ4n) is 3.00. The number of hydrogen-bond donors (Lipinski definition) is 2. The lowest BCUT2D eigenvalue weighted by Gasteiger charge is -2.27. The third kappa shape index (κ3) is 4.98. The van der Waals surface area contributed by atoms with Gasteiger partial charge in [0.2, 0.25) is 11.8 Å². The third-order valence-electron chi connectivity index (χ3n) is 4.28. The number of amides is 2. The Hall–Kier alpha value is -2.02. The molecule has 0 bridgehead atoms. The van der Waals surface area contributed by atoms with Crippen LogP contribution in [0.25, 0.3) is 0 Å². The summed E-state index contributed by atoms with van der Waals surface area (Å²) < 4.78 is 4.81. The maximum atomic E-state index is 12.7. The number of nitrogens with zero attached hydrogens (tertiary/aromatic N) is 1. The monoisotopic (exact) mass is 364 g/mol. The van der Waals surface area contributed by atoms with Crippen molar-refractivity contribution in [3.05, 3.63) is 35.9 Å². The van der Waals surface area contributed by atoms with Crippen LogP contribution in [0.15, 0.2) is 30.3 Å². The molecule has 6 nitrogen and oxygen atoms in total. The number of carbonyl (C=O) groups excluding carboxylic acids is 3. The highest BCUT2D eigenvalue weighted by molar-refractivity contribution is 7.81. The number of hydrogen-bond acceptors (Lipinski definition) is 5. The molecule has 0 radical (unpaired) electrons. The van der Waals surface area contributed by atoms with Crippen LogP contribution in [0.5, 0.6) is 0 Å². The van der Waals surface area contributed by atoms with Crippen molar-refractivity contribution in [2.45, 2.75) is 43.5 Å². The van der Waals surface area contributed by atoms with Crippen LogP contribution in [0.2, 0.25) is 0 Å². The van der Waals surface area contributed by atoms with Crippen LogP contribution in [0.3, 0.4) is 0 Å². The summed E-state index contributed by atoms with van der Waals surface area (Å²) in [4.78, 5) is 38.5. The van der Waals surface area contributed by atoms with Crippen LogP contribution in [0, 0.1) is 0 Å². The lowest BCUT2D eigenvalue weighted by molar-refractivity contribution is -0.146.